The molecular formula is C30H30N2O4S. The number of esters is 1. The Morgan fingerprint density at radius 3 is 2.49 bits per heavy atom. The Morgan fingerprint density at radius 1 is 1.00 bits per heavy atom. The molecule has 0 radical (unpaired) electrons. The number of fused-ring (bicyclic) bond motifs is 1. The number of benzene rings is 3. The first kappa shape index (κ1) is 25.1. The van der Waals surface area contributed by atoms with Crippen molar-refractivity contribution in [3.63, 3.8) is 0 Å². The zero-order valence-electron chi connectivity index (χ0n) is 21.1. The number of nitrogens with zero attached hydrogens (tertiary/aromatic N) is 2. The van der Waals surface area contributed by atoms with Gasteiger partial charge in [0, 0.05) is 31.3 Å². The molecule has 1 heterocycles. The van der Waals surface area contributed by atoms with Gasteiger partial charge < -0.3 is 14.4 Å². The van der Waals surface area contributed by atoms with E-state index in [-0.39, 0.29) is 29.1 Å². The number of aromatic nitrogens is 1. The molecule has 6 nitrogen and oxygen atoms in total. The van der Waals surface area contributed by atoms with Gasteiger partial charge in [0.05, 0.1) is 11.8 Å². The summed E-state index contributed by atoms with van der Waals surface area (Å²) in [4.78, 5) is 33.4. The van der Waals surface area contributed by atoms with Gasteiger partial charge in [-0.25, -0.2) is 4.98 Å². The molecule has 2 unspecified atom stereocenters. The average Bonchev–Trinajstić information content (AvgIpc) is 3.56. The van der Waals surface area contributed by atoms with Gasteiger partial charge in [-0.15, -0.1) is 0 Å². The maximum atomic E-state index is 13.9. The molecule has 1 fully saturated rings. The van der Waals surface area contributed by atoms with E-state index >= 15 is 0 Å². The van der Waals surface area contributed by atoms with Gasteiger partial charge in [-0.1, -0.05) is 72.0 Å². The van der Waals surface area contributed by atoms with Gasteiger partial charge in [-0.3, -0.25) is 9.59 Å². The molecule has 3 aromatic carbocycles. The Bertz CT molecular complexity index is 1400. The van der Waals surface area contributed by atoms with Crippen LogP contribution in [0.2, 0.25) is 0 Å². The largest absolute Gasteiger partial charge is 0.398 e. The van der Waals surface area contributed by atoms with E-state index in [0.29, 0.717) is 23.5 Å². The summed E-state index contributed by atoms with van der Waals surface area (Å²) in [5.74, 6) is -0.248. The number of thiazole rings is 1. The predicted molar refractivity (Wildman–Crippen MR) is 147 cm³/mol. The van der Waals surface area contributed by atoms with Crippen LogP contribution in [0.3, 0.4) is 0 Å². The van der Waals surface area contributed by atoms with E-state index in [0.717, 1.165) is 52.6 Å². The van der Waals surface area contributed by atoms with Gasteiger partial charge in [0.25, 0.3) is 11.1 Å². The van der Waals surface area contributed by atoms with E-state index in [4.69, 9.17) is 9.47 Å². The molecule has 5 rings (SSSR count). The van der Waals surface area contributed by atoms with Crippen molar-refractivity contribution < 1.29 is 19.1 Å². The van der Waals surface area contributed by atoms with Crippen molar-refractivity contribution in [2.75, 3.05) is 18.6 Å². The maximum Gasteiger partial charge on any atom is 0.313 e. The summed E-state index contributed by atoms with van der Waals surface area (Å²) in [5, 5.41) is 2.38. The van der Waals surface area contributed by atoms with Crippen molar-refractivity contribution in [3.05, 3.63) is 77.7 Å². The molecule has 1 aliphatic rings. The third kappa shape index (κ3) is 5.58. The zero-order valence-corrected chi connectivity index (χ0v) is 21.9. The Labute approximate surface area is 220 Å². The number of carbonyl (C=O) groups is 2. The highest BCUT2D eigenvalue weighted by Crippen LogP contribution is 2.36. The van der Waals surface area contributed by atoms with Crippen molar-refractivity contribution in [1.82, 2.24) is 4.98 Å². The molecule has 0 saturated heterocycles. The van der Waals surface area contributed by atoms with Gasteiger partial charge in [0.1, 0.15) is 4.88 Å². The summed E-state index contributed by atoms with van der Waals surface area (Å²) in [6, 6.07) is 23.6. The van der Waals surface area contributed by atoms with Gasteiger partial charge in [-0.2, -0.15) is 0 Å². The highest BCUT2D eigenvalue weighted by molar-refractivity contribution is 7.16. The van der Waals surface area contributed by atoms with Crippen molar-refractivity contribution in [2.24, 2.45) is 5.92 Å². The Kier molecular flexibility index (Phi) is 7.63. The lowest BCUT2D eigenvalue weighted by Crippen LogP contribution is -2.30. The summed E-state index contributed by atoms with van der Waals surface area (Å²) in [6.07, 6.45) is 3.30. The average molecular weight is 515 g/mol. The van der Waals surface area contributed by atoms with Crippen molar-refractivity contribution in [2.45, 2.75) is 38.7 Å². The highest BCUT2D eigenvalue weighted by Gasteiger charge is 2.29. The second kappa shape index (κ2) is 11.2. The normalized spacial score (nSPS) is 17.1. The summed E-state index contributed by atoms with van der Waals surface area (Å²) in [7, 11) is 1.71. The summed E-state index contributed by atoms with van der Waals surface area (Å²) >= 11 is 1.13. The number of methoxy groups -OCH3 is 1. The number of ether oxygens (including phenoxy) is 2. The fourth-order valence-electron chi connectivity index (χ4n) is 4.99. The first-order chi connectivity index (χ1) is 18.1. The molecule has 4 aromatic rings. The van der Waals surface area contributed by atoms with Crippen LogP contribution in [0, 0.1) is 5.92 Å². The number of hydrogen-bond donors (Lipinski definition) is 0. The van der Waals surface area contributed by atoms with Crippen LogP contribution < -0.4 is 9.64 Å². The third-order valence-electron chi connectivity index (χ3n) is 6.94. The number of rotatable bonds is 8. The molecule has 1 saturated carbocycles. The SMILES string of the molecule is CCN(C(=O)c1sc(OC(=O)CC2CCC(OC)C2)nc1-c1ccccc1)c1ccc2ccccc2c1. The molecule has 2 atom stereocenters. The minimum atomic E-state index is -0.323. The van der Waals surface area contributed by atoms with Crippen molar-refractivity contribution in [1.29, 1.82) is 0 Å². The van der Waals surface area contributed by atoms with E-state index in [1.807, 2.05) is 73.7 Å². The van der Waals surface area contributed by atoms with Gasteiger partial charge >= 0.3 is 5.97 Å². The number of anilines is 1. The van der Waals surface area contributed by atoms with Gasteiger partial charge in [0.15, 0.2) is 0 Å². The molecule has 1 amide bonds. The smallest absolute Gasteiger partial charge is 0.313 e. The van der Waals surface area contributed by atoms with E-state index < -0.39 is 0 Å². The Morgan fingerprint density at radius 2 is 1.76 bits per heavy atom. The molecule has 190 valence electrons. The maximum absolute atomic E-state index is 13.9. The molecule has 0 spiro atoms. The Balaban J connectivity index is 1.43. The minimum absolute atomic E-state index is 0.171. The number of amides is 1. The van der Waals surface area contributed by atoms with Crippen LogP contribution in [-0.2, 0) is 9.53 Å². The number of hydrogen-bond acceptors (Lipinski definition) is 6. The van der Waals surface area contributed by atoms with Crippen LogP contribution in [0.5, 0.6) is 5.19 Å². The second-order valence-corrected chi connectivity index (χ2v) is 10.3. The van der Waals surface area contributed by atoms with Crippen LogP contribution in [-0.4, -0.2) is 36.6 Å². The summed E-state index contributed by atoms with van der Waals surface area (Å²) < 4.78 is 11.1. The second-order valence-electron chi connectivity index (χ2n) is 9.32. The quantitative estimate of drug-likeness (QED) is 0.244. The van der Waals surface area contributed by atoms with Gasteiger partial charge in [0.2, 0.25) is 0 Å². The van der Waals surface area contributed by atoms with Crippen LogP contribution in [0.4, 0.5) is 5.69 Å². The van der Waals surface area contributed by atoms with Crippen molar-refractivity contribution >= 4 is 39.7 Å². The summed E-state index contributed by atoms with van der Waals surface area (Å²) in [5.41, 5.74) is 2.14. The van der Waals surface area contributed by atoms with Crippen LogP contribution in [0.15, 0.2) is 72.8 Å². The highest BCUT2D eigenvalue weighted by atomic mass is 32.1. The molecule has 0 aliphatic heterocycles. The molecule has 37 heavy (non-hydrogen) atoms. The molecule has 0 N–H and O–H groups in total. The third-order valence-corrected chi connectivity index (χ3v) is 7.86. The lowest BCUT2D eigenvalue weighted by molar-refractivity contribution is -0.135. The van der Waals surface area contributed by atoms with Crippen LogP contribution in [0.1, 0.15) is 42.3 Å². The summed E-state index contributed by atoms with van der Waals surface area (Å²) in [6.45, 7) is 2.44. The molecular weight excluding hydrogens is 484 g/mol. The van der Waals surface area contributed by atoms with E-state index in [1.165, 1.54) is 0 Å². The first-order valence-electron chi connectivity index (χ1n) is 12.7. The predicted octanol–water partition coefficient (Wildman–Crippen LogP) is 6.74. The molecule has 1 aromatic heterocycles. The number of carbonyl (C=O) groups excluding carboxylic acids is 2. The first-order valence-corrected chi connectivity index (χ1v) is 13.5. The lowest BCUT2D eigenvalue weighted by atomic mass is 10.0. The Hall–Kier alpha value is -3.55. The van der Waals surface area contributed by atoms with Crippen LogP contribution in [0.25, 0.3) is 22.0 Å². The minimum Gasteiger partial charge on any atom is -0.398 e. The van der Waals surface area contributed by atoms with Crippen molar-refractivity contribution in [3.8, 4) is 16.5 Å². The van der Waals surface area contributed by atoms with Crippen LogP contribution >= 0.6 is 11.3 Å². The topological polar surface area (TPSA) is 68.7 Å². The lowest BCUT2D eigenvalue weighted by Gasteiger charge is -2.21. The fourth-order valence-corrected chi connectivity index (χ4v) is 5.90. The molecule has 0 bridgehead atoms. The zero-order chi connectivity index (χ0) is 25.8. The standard InChI is InChI=1S/C30H30N2O4S/c1-3-32(24-15-14-21-9-7-8-12-23(21)19-24)29(34)28-27(22-10-5-4-6-11-22)31-30(37-28)36-26(33)18-20-13-16-25(17-20)35-2/h4-12,14-15,19-20,25H,3,13,16-18H2,1-2H3. The van der Waals surface area contributed by atoms with E-state index in [2.05, 4.69) is 11.1 Å². The van der Waals surface area contributed by atoms with E-state index in [1.54, 1.807) is 12.0 Å². The van der Waals surface area contributed by atoms with E-state index in [9.17, 15) is 9.59 Å². The van der Waals surface area contributed by atoms with Gasteiger partial charge in [-0.05, 0) is 55.0 Å². The fraction of sp³-hybridized carbons (Fsp3) is 0.300. The molecule has 7 heteroatoms. The molecule has 1 aliphatic carbocycles. The monoisotopic (exact) mass is 514 g/mol.